The molecule has 0 bridgehead atoms. The molecule has 1 heterocycles. The van der Waals surface area contributed by atoms with Crippen LogP contribution in [0.25, 0.3) is 16.8 Å². The first-order valence-electron chi connectivity index (χ1n) is 9.87. The van der Waals surface area contributed by atoms with Gasteiger partial charge in [0.2, 0.25) is 0 Å². The summed E-state index contributed by atoms with van der Waals surface area (Å²) >= 11 is 0. The molecule has 0 aliphatic heterocycles. The molecule has 0 aliphatic rings. The molecule has 1 aromatic heterocycles. The van der Waals surface area contributed by atoms with E-state index >= 15 is 0 Å². The summed E-state index contributed by atoms with van der Waals surface area (Å²) in [5.41, 5.74) is 9.80. The van der Waals surface area contributed by atoms with Gasteiger partial charge in [0.05, 0.1) is 6.21 Å². The minimum Gasteiger partial charge on any atom is -0.318 e. The number of carbonyl (C=O) groups excluding carboxylic acids is 1. The van der Waals surface area contributed by atoms with E-state index in [1.807, 2.05) is 36.4 Å². The zero-order valence-electron chi connectivity index (χ0n) is 17.0. The van der Waals surface area contributed by atoms with Crippen molar-refractivity contribution < 1.29 is 4.79 Å². The zero-order chi connectivity index (χ0) is 20.9. The van der Waals surface area contributed by atoms with Gasteiger partial charge in [0, 0.05) is 28.2 Å². The van der Waals surface area contributed by atoms with Gasteiger partial charge in [-0.1, -0.05) is 60.7 Å². The van der Waals surface area contributed by atoms with Crippen LogP contribution in [0.2, 0.25) is 0 Å². The molecule has 1 amide bonds. The number of amides is 1. The van der Waals surface area contributed by atoms with Crippen LogP contribution < -0.4 is 5.43 Å². The lowest BCUT2D eigenvalue weighted by Gasteiger charge is -2.11. The zero-order valence-corrected chi connectivity index (χ0v) is 17.0. The van der Waals surface area contributed by atoms with Crippen molar-refractivity contribution in [2.75, 3.05) is 0 Å². The number of rotatable bonds is 5. The Morgan fingerprint density at radius 2 is 1.43 bits per heavy atom. The third kappa shape index (κ3) is 4.08. The van der Waals surface area contributed by atoms with Gasteiger partial charge < -0.3 is 4.57 Å². The molecular formula is C26H23N3O. The Morgan fingerprint density at radius 1 is 0.833 bits per heavy atom. The average Bonchev–Trinajstić information content (AvgIpc) is 3.08. The molecule has 0 spiro atoms. The van der Waals surface area contributed by atoms with Gasteiger partial charge in [-0.05, 0) is 55.3 Å². The topological polar surface area (TPSA) is 46.4 Å². The molecule has 0 atom stereocenters. The van der Waals surface area contributed by atoms with Crippen molar-refractivity contribution in [3.63, 3.8) is 0 Å². The van der Waals surface area contributed by atoms with E-state index in [9.17, 15) is 4.79 Å². The number of hydrogen-bond donors (Lipinski definition) is 1. The molecule has 0 radical (unpaired) electrons. The van der Waals surface area contributed by atoms with Crippen LogP contribution in [0.15, 0.2) is 96.1 Å². The van der Waals surface area contributed by atoms with Crippen LogP contribution in [-0.4, -0.2) is 16.7 Å². The number of hydrogen-bond acceptors (Lipinski definition) is 2. The molecule has 0 fully saturated rings. The van der Waals surface area contributed by atoms with Crippen molar-refractivity contribution in [2.45, 2.75) is 13.8 Å². The smallest absolute Gasteiger partial charge is 0.271 e. The monoisotopic (exact) mass is 393 g/mol. The van der Waals surface area contributed by atoms with Crippen LogP contribution >= 0.6 is 0 Å². The lowest BCUT2D eigenvalue weighted by atomic mass is 10.1. The highest BCUT2D eigenvalue weighted by molar-refractivity contribution is 5.95. The van der Waals surface area contributed by atoms with Gasteiger partial charge in [-0.3, -0.25) is 4.79 Å². The second-order valence-electron chi connectivity index (χ2n) is 7.14. The molecule has 1 N–H and O–H groups in total. The molecular weight excluding hydrogens is 370 g/mol. The Balaban J connectivity index is 1.53. The lowest BCUT2D eigenvalue weighted by molar-refractivity contribution is 0.0955. The Morgan fingerprint density at radius 3 is 2.10 bits per heavy atom. The van der Waals surface area contributed by atoms with Gasteiger partial charge in [-0.2, -0.15) is 5.10 Å². The molecule has 148 valence electrons. The van der Waals surface area contributed by atoms with E-state index in [0.29, 0.717) is 5.56 Å². The molecule has 30 heavy (non-hydrogen) atoms. The summed E-state index contributed by atoms with van der Waals surface area (Å²) in [6.45, 7) is 4.12. The predicted octanol–water partition coefficient (Wildman–Crippen LogP) is 5.53. The summed E-state index contributed by atoms with van der Waals surface area (Å²) in [5.74, 6) is -0.225. The molecule has 0 saturated carbocycles. The number of carbonyl (C=O) groups is 1. The molecule has 4 aromatic rings. The van der Waals surface area contributed by atoms with Crippen molar-refractivity contribution >= 4 is 12.1 Å². The second-order valence-corrected chi connectivity index (χ2v) is 7.14. The van der Waals surface area contributed by atoms with Crippen molar-refractivity contribution in [1.82, 2.24) is 9.99 Å². The first-order chi connectivity index (χ1) is 14.6. The summed E-state index contributed by atoms with van der Waals surface area (Å²) in [7, 11) is 0. The van der Waals surface area contributed by atoms with Gasteiger partial charge in [0.15, 0.2) is 0 Å². The maximum atomic E-state index is 12.1. The van der Waals surface area contributed by atoms with Gasteiger partial charge in [-0.25, -0.2) is 5.43 Å². The van der Waals surface area contributed by atoms with Crippen LogP contribution in [0.1, 0.15) is 27.3 Å². The van der Waals surface area contributed by atoms with Gasteiger partial charge in [0.25, 0.3) is 5.91 Å². The molecule has 4 heteroatoms. The Hall–Kier alpha value is -3.92. The van der Waals surface area contributed by atoms with Crippen LogP contribution in [0, 0.1) is 13.8 Å². The lowest BCUT2D eigenvalue weighted by Crippen LogP contribution is -2.17. The van der Waals surface area contributed by atoms with Crippen LogP contribution in [0.3, 0.4) is 0 Å². The van der Waals surface area contributed by atoms with E-state index < -0.39 is 0 Å². The van der Waals surface area contributed by atoms with E-state index in [4.69, 9.17) is 0 Å². The molecule has 3 aromatic carbocycles. The maximum absolute atomic E-state index is 12.1. The molecule has 4 rings (SSSR count). The number of aryl methyl sites for hydroxylation is 1. The van der Waals surface area contributed by atoms with Crippen LogP contribution in [0.4, 0.5) is 0 Å². The molecule has 0 unspecified atom stereocenters. The fraction of sp³-hybridized carbons (Fsp3) is 0.0769. The van der Waals surface area contributed by atoms with Gasteiger partial charge in [0.1, 0.15) is 0 Å². The fourth-order valence-electron chi connectivity index (χ4n) is 3.56. The number of aromatic nitrogens is 1. The average molecular weight is 393 g/mol. The summed E-state index contributed by atoms with van der Waals surface area (Å²) in [6, 6.07) is 30.0. The molecule has 0 saturated heterocycles. The summed E-state index contributed by atoms with van der Waals surface area (Å²) in [6.07, 6.45) is 1.69. The number of nitrogens with zero attached hydrogens (tertiary/aromatic N) is 2. The fourth-order valence-corrected chi connectivity index (χ4v) is 3.56. The van der Waals surface area contributed by atoms with Crippen molar-refractivity contribution in [2.24, 2.45) is 5.10 Å². The van der Waals surface area contributed by atoms with E-state index in [-0.39, 0.29) is 5.91 Å². The molecule has 4 nitrogen and oxygen atoms in total. The van der Waals surface area contributed by atoms with Crippen molar-refractivity contribution in [3.05, 3.63) is 114 Å². The summed E-state index contributed by atoms with van der Waals surface area (Å²) in [5, 5.41) is 4.14. The van der Waals surface area contributed by atoms with Crippen LogP contribution in [0.5, 0.6) is 0 Å². The second kappa shape index (κ2) is 8.62. The third-order valence-corrected chi connectivity index (χ3v) is 5.11. The Bertz CT molecular complexity index is 1170. The first kappa shape index (κ1) is 19.4. The molecule has 0 aliphatic carbocycles. The SMILES string of the molecule is Cc1cc(/C=N\NC(=O)c2ccccc2)c(C)n1-c1ccc(-c2ccccc2)cc1. The van der Waals surface area contributed by atoms with E-state index in [1.54, 1.807) is 18.3 Å². The van der Waals surface area contributed by atoms with Crippen LogP contribution in [-0.2, 0) is 0 Å². The standard InChI is InChI=1S/C26H23N3O/c1-19-17-24(18-27-28-26(30)23-11-7-4-8-12-23)20(2)29(19)25-15-13-22(14-16-25)21-9-5-3-6-10-21/h3-18H,1-2H3,(H,28,30)/b27-18-. The largest absolute Gasteiger partial charge is 0.318 e. The third-order valence-electron chi connectivity index (χ3n) is 5.11. The summed E-state index contributed by atoms with van der Waals surface area (Å²) < 4.78 is 2.19. The maximum Gasteiger partial charge on any atom is 0.271 e. The minimum atomic E-state index is -0.225. The Kier molecular flexibility index (Phi) is 5.57. The Labute approximate surface area is 176 Å². The quantitative estimate of drug-likeness (QED) is 0.352. The van der Waals surface area contributed by atoms with Gasteiger partial charge in [-0.15, -0.1) is 0 Å². The van der Waals surface area contributed by atoms with Crippen molar-refractivity contribution in [1.29, 1.82) is 0 Å². The number of hydrazone groups is 1. The van der Waals surface area contributed by atoms with Crippen molar-refractivity contribution in [3.8, 4) is 16.8 Å². The predicted molar refractivity (Wildman–Crippen MR) is 122 cm³/mol. The highest BCUT2D eigenvalue weighted by atomic mass is 16.2. The van der Waals surface area contributed by atoms with E-state index in [2.05, 4.69) is 71.4 Å². The highest BCUT2D eigenvalue weighted by Crippen LogP contribution is 2.24. The van der Waals surface area contributed by atoms with E-state index in [0.717, 1.165) is 22.6 Å². The first-order valence-corrected chi connectivity index (χ1v) is 9.87. The highest BCUT2D eigenvalue weighted by Gasteiger charge is 2.10. The van der Waals surface area contributed by atoms with E-state index in [1.165, 1.54) is 11.1 Å². The van der Waals surface area contributed by atoms with Gasteiger partial charge >= 0.3 is 0 Å². The minimum absolute atomic E-state index is 0.225. The normalized spacial score (nSPS) is 11.0. The number of nitrogens with one attached hydrogen (secondary N) is 1. The summed E-state index contributed by atoms with van der Waals surface area (Å²) in [4.78, 5) is 12.1. The number of benzene rings is 3.